The molecule has 0 N–H and O–H groups in total. The van der Waals surface area contributed by atoms with E-state index in [-0.39, 0.29) is 11.1 Å². The Balaban J connectivity index is 2.67. The number of rotatable bonds is 4. The first-order valence-corrected chi connectivity index (χ1v) is 7.28. The number of nitrogens with zero attached hydrogens (tertiary/aromatic N) is 1. The lowest BCUT2D eigenvalue weighted by molar-refractivity contribution is -0.0323. The number of piperidine rings is 1. The maximum absolute atomic E-state index is 5.60. The highest BCUT2D eigenvalue weighted by Gasteiger charge is 2.42. The third kappa shape index (κ3) is 4.04. The molecule has 106 valence electrons. The number of allylic oxidation sites excluding steroid dienone is 1. The van der Waals surface area contributed by atoms with Crippen LogP contribution < -0.4 is 0 Å². The summed E-state index contributed by atoms with van der Waals surface area (Å²) in [6, 6.07) is 0. The van der Waals surface area contributed by atoms with Gasteiger partial charge in [0.25, 0.3) is 0 Å². The Hall–Kier alpha value is 0.0800. The zero-order valence-electron chi connectivity index (χ0n) is 12.1. The summed E-state index contributed by atoms with van der Waals surface area (Å²) < 4.78 is 5.24. The van der Waals surface area contributed by atoms with E-state index in [0.717, 1.165) is 19.3 Å². The predicted molar refractivity (Wildman–Crippen MR) is 79.0 cm³/mol. The third-order valence-electron chi connectivity index (χ3n) is 4.16. The number of hydrogen-bond donors (Lipinski definition) is 0. The average molecular weight is 294 g/mol. The smallest absolute Gasteiger partial charge is 0.247 e. The molecule has 0 aromatic rings. The van der Waals surface area contributed by atoms with E-state index in [2.05, 4.69) is 46.2 Å². The molecule has 1 rings (SSSR count). The molecule has 0 amide bonds. The summed E-state index contributed by atoms with van der Waals surface area (Å²) >= 11 is 11.2. The average Bonchev–Trinajstić information content (AvgIpc) is 2.11. The molecule has 1 aliphatic rings. The second-order valence-corrected chi connectivity index (χ2v) is 7.60. The van der Waals surface area contributed by atoms with Crippen molar-refractivity contribution in [3.05, 3.63) is 12.3 Å². The highest BCUT2D eigenvalue weighted by atomic mass is 35.5. The van der Waals surface area contributed by atoms with E-state index in [1.807, 2.05) is 0 Å². The van der Waals surface area contributed by atoms with Gasteiger partial charge in [0.1, 0.15) is 0 Å². The van der Waals surface area contributed by atoms with Gasteiger partial charge in [-0.25, -0.2) is 0 Å². The van der Waals surface area contributed by atoms with E-state index in [4.69, 9.17) is 27.9 Å². The highest BCUT2D eigenvalue weighted by Crippen LogP contribution is 2.42. The van der Waals surface area contributed by atoms with Crippen molar-refractivity contribution in [2.24, 2.45) is 5.92 Å². The molecule has 18 heavy (non-hydrogen) atoms. The van der Waals surface area contributed by atoms with Crippen molar-refractivity contribution in [3.63, 3.8) is 0 Å². The summed E-state index contributed by atoms with van der Waals surface area (Å²) in [5, 5.41) is -0.815. The van der Waals surface area contributed by atoms with Crippen molar-refractivity contribution in [2.75, 3.05) is 7.05 Å². The molecule has 1 fully saturated rings. The van der Waals surface area contributed by atoms with E-state index in [1.54, 1.807) is 0 Å². The lowest BCUT2D eigenvalue weighted by Gasteiger charge is -2.53. The van der Waals surface area contributed by atoms with Crippen LogP contribution in [-0.2, 0) is 4.74 Å². The van der Waals surface area contributed by atoms with Crippen molar-refractivity contribution in [1.82, 2.24) is 4.90 Å². The number of likely N-dealkylation sites (tertiary alicyclic amines) is 1. The third-order valence-corrected chi connectivity index (χ3v) is 4.34. The molecule has 0 aliphatic carbocycles. The van der Waals surface area contributed by atoms with E-state index in [9.17, 15) is 0 Å². The summed E-state index contributed by atoms with van der Waals surface area (Å²) in [6.07, 6.45) is 3.09. The molecular weight excluding hydrogens is 269 g/mol. The summed E-state index contributed by atoms with van der Waals surface area (Å²) in [5.41, 5.74) is 0.377. The van der Waals surface area contributed by atoms with Crippen molar-refractivity contribution in [1.29, 1.82) is 0 Å². The van der Waals surface area contributed by atoms with Crippen molar-refractivity contribution in [2.45, 2.75) is 63.1 Å². The highest BCUT2D eigenvalue weighted by molar-refractivity contribution is 6.43. The molecule has 0 saturated carbocycles. The Morgan fingerprint density at radius 3 is 2.11 bits per heavy atom. The first kappa shape index (κ1) is 16.1. The molecule has 4 heteroatoms. The Kier molecular flexibility index (Phi) is 5.02. The SMILES string of the molecule is C=C(CC1CC(C)(C)N(C)C(C)(C)C1)OC(Cl)Cl. The van der Waals surface area contributed by atoms with Crippen LogP contribution in [-0.4, -0.2) is 28.0 Å². The van der Waals surface area contributed by atoms with Crippen LogP contribution in [0.4, 0.5) is 0 Å². The van der Waals surface area contributed by atoms with E-state index >= 15 is 0 Å². The van der Waals surface area contributed by atoms with Gasteiger partial charge in [0.05, 0.1) is 5.76 Å². The quantitative estimate of drug-likeness (QED) is 0.556. The maximum atomic E-state index is 5.60. The fourth-order valence-corrected chi connectivity index (χ4v) is 3.47. The summed E-state index contributed by atoms with van der Waals surface area (Å²) in [4.78, 5) is 2.46. The van der Waals surface area contributed by atoms with Gasteiger partial charge in [0, 0.05) is 17.5 Å². The van der Waals surface area contributed by atoms with Gasteiger partial charge in [-0.15, -0.1) is 0 Å². The molecular formula is C14H25Cl2NO. The Morgan fingerprint density at radius 1 is 1.28 bits per heavy atom. The Labute approximate surface area is 121 Å². The van der Waals surface area contributed by atoms with Crippen LogP contribution >= 0.6 is 23.2 Å². The molecule has 1 aliphatic heterocycles. The fourth-order valence-electron chi connectivity index (χ4n) is 3.22. The number of alkyl halides is 2. The fraction of sp³-hybridized carbons (Fsp3) is 0.857. The van der Waals surface area contributed by atoms with Gasteiger partial charge >= 0.3 is 0 Å². The predicted octanol–water partition coefficient (Wildman–Crippen LogP) is 4.57. The largest absolute Gasteiger partial charge is 0.466 e. The van der Waals surface area contributed by atoms with Gasteiger partial charge in [-0.2, -0.15) is 0 Å². The number of halogens is 2. The van der Waals surface area contributed by atoms with Gasteiger partial charge in [-0.1, -0.05) is 29.8 Å². The van der Waals surface area contributed by atoms with E-state index < -0.39 is 5.02 Å². The first-order valence-electron chi connectivity index (χ1n) is 6.41. The van der Waals surface area contributed by atoms with Crippen LogP contribution in [0.5, 0.6) is 0 Å². The van der Waals surface area contributed by atoms with Crippen LogP contribution in [0.3, 0.4) is 0 Å². The minimum absolute atomic E-state index is 0.189. The summed E-state index contributed by atoms with van der Waals surface area (Å²) in [7, 11) is 2.20. The standard InChI is InChI=1S/C14H25Cl2NO/c1-10(18-12(15)16)7-11-8-13(2,3)17(6)14(4,5)9-11/h11-12H,1,7-9H2,2-6H3. The van der Waals surface area contributed by atoms with Crippen molar-refractivity contribution in [3.8, 4) is 0 Å². The minimum Gasteiger partial charge on any atom is -0.466 e. The monoisotopic (exact) mass is 293 g/mol. The molecule has 2 nitrogen and oxygen atoms in total. The molecule has 1 saturated heterocycles. The summed E-state index contributed by atoms with van der Waals surface area (Å²) in [5.74, 6) is 1.25. The number of hydrogen-bond acceptors (Lipinski definition) is 2. The lowest BCUT2D eigenvalue weighted by Crippen LogP contribution is -2.58. The van der Waals surface area contributed by atoms with E-state index in [1.165, 1.54) is 0 Å². The zero-order chi connectivity index (χ0) is 14.1. The molecule has 0 radical (unpaired) electrons. The first-order chi connectivity index (χ1) is 8.04. The van der Waals surface area contributed by atoms with Crippen LogP contribution in [0.25, 0.3) is 0 Å². The molecule has 0 aromatic heterocycles. The van der Waals surface area contributed by atoms with Crippen molar-refractivity contribution < 1.29 is 4.74 Å². The summed E-state index contributed by atoms with van der Waals surface area (Å²) in [6.45, 7) is 13.1. The lowest BCUT2D eigenvalue weighted by atomic mass is 9.73. The van der Waals surface area contributed by atoms with Crippen molar-refractivity contribution >= 4 is 23.2 Å². The maximum Gasteiger partial charge on any atom is 0.247 e. The Bertz CT molecular complexity index is 295. The van der Waals surface area contributed by atoms with Crippen LogP contribution in [0, 0.1) is 5.92 Å². The van der Waals surface area contributed by atoms with Crippen LogP contribution in [0.2, 0.25) is 0 Å². The van der Waals surface area contributed by atoms with Gasteiger partial charge in [-0.3, -0.25) is 4.90 Å². The van der Waals surface area contributed by atoms with E-state index in [0.29, 0.717) is 11.7 Å². The molecule has 0 spiro atoms. The van der Waals surface area contributed by atoms with Gasteiger partial charge in [0.15, 0.2) is 0 Å². The minimum atomic E-state index is -0.815. The molecule has 0 unspecified atom stereocenters. The number of ether oxygens (including phenoxy) is 1. The second kappa shape index (κ2) is 5.60. The van der Waals surface area contributed by atoms with Gasteiger partial charge in [0.2, 0.25) is 5.02 Å². The normalized spacial score (nSPS) is 24.2. The molecule has 0 atom stereocenters. The second-order valence-electron chi connectivity index (χ2n) is 6.58. The van der Waals surface area contributed by atoms with Gasteiger partial charge < -0.3 is 4.74 Å². The van der Waals surface area contributed by atoms with Crippen LogP contribution in [0.15, 0.2) is 12.3 Å². The van der Waals surface area contributed by atoms with Crippen LogP contribution in [0.1, 0.15) is 47.0 Å². The zero-order valence-corrected chi connectivity index (χ0v) is 13.6. The van der Waals surface area contributed by atoms with Gasteiger partial charge in [-0.05, 0) is 53.5 Å². The molecule has 0 bridgehead atoms. The topological polar surface area (TPSA) is 12.5 Å². The Morgan fingerprint density at radius 2 is 1.72 bits per heavy atom. The molecule has 1 heterocycles. The molecule has 0 aromatic carbocycles.